The summed E-state index contributed by atoms with van der Waals surface area (Å²) in [4.78, 5) is 11.7. The van der Waals surface area contributed by atoms with Crippen molar-refractivity contribution in [1.82, 2.24) is 4.72 Å². The Morgan fingerprint density at radius 2 is 1.52 bits per heavy atom. The zero-order valence-corrected chi connectivity index (χ0v) is 15.8. The number of hydrogen-bond donors (Lipinski definition) is 1. The standard InChI is InChI=1S/C22H21NO3S/c1-17(24)20-13-8-14-21(16-20)27(25,26)23-22(19-11-6-3-7-12-19)15-18-9-4-2-5-10-18/h2-14,16,22-23H,15H2,1H3. The van der Waals surface area contributed by atoms with Gasteiger partial charge >= 0.3 is 0 Å². The predicted octanol–water partition coefficient (Wildman–Crippen LogP) is 4.15. The molecule has 0 aliphatic rings. The number of Topliss-reactive ketones (excluding diaryl/α,β-unsaturated/α-hetero) is 1. The van der Waals surface area contributed by atoms with Crippen LogP contribution in [-0.4, -0.2) is 14.2 Å². The van der Waals surface area contributed by atoms with Gasteiger partial charge in [0.25, 0.3) is 0 Å². The van der Waals surface area contributed by atoms with Gasteiger partial charge < -0.3 is 0 Å². The fourth-order valence-corrected chi connectivity index (χ4v) is 4.17. The first-order valence-electron chi connectivity index (χ1n) is 8.68. The van der Waals surface area contributed by atoms with E-state index in [-0.39, 0.29) is 10.7 Å². The van der Waals surface area contributed by atoms with E-state index in [2.05, 4.69) is 4.72 Å². The SMILES string of the molecule is CC(=O)c1cccc(S(=O)(=O)NC(Cc2ccccc2)c2ccccc2)c1. The lowest BCUT2D eigenvalue weighted by Gasteiger charge is -2.20. The molecule has 3 rings (SSSR count). The average Bonchev–Trinajstić information content (AvgIpc) is 2.69. The minimum absolute atomic E-state index is 0.0872. The van der Waals surface area contributed by atoms with Crippen LogP contribution in [0, 0.1) is 0 Å². The van der Waals surface area contributed by atoms with Gasteiger partial charge in [0, 0.05) is 5.56 Å². The molecule has 1 N–H and O–H groups in total. The maximum Gasteiger partial charge on any atom is 0.241 e. The Kier molecular flexibility index (Phi) is 5.84. The van der Waals surface area contributed by atoms with Crippen molar-refractivity contribution in [3.63, 3.8) is 0 Å². The largest absolute Gasteiger partial charge is 0.295 e. The summed E-state index contributed by atoms with van der Waals surface area (Å²) in [6, 6.07) is 24.9. The molecule has 0 saturated carbocycles. The van der Waals surface area contributed by atoms with E-state index in [0.717, 1.165) is 11.1 Å². The van der Waals surface area contributed by atoms with Gasteiger partial charge in [0.1, 0.15) is 0 Å². The summed E-state index contributed by atoms with van der Waals surface area (Å²) in [6.07, 6.45) is 0.524. The third kappa shape index (κ3) is 4.90. The van der Waals surface area contributed by atoms with Gasteiger partial charge in [-0.1, -0.05) is 72.8 Å². The van der Waals surface area contributed by atoms with E-state index in [1.54, 1.807) is 12.1 Å². The average molecular weight is 379 g/mol. The molecule has 0 spiro atoms. The Morgan fingerprint density at radius 1 is 0.889 bits per heavy atom. The lowest BCUT2D eigenvalue weighted by Crippen LogP contribution is -2.30. The molecule has 4 nitrogen and oxygen atoms in total. The number of nitrogens with one attached hydrogen (secondary N) is 1. The minimum atomic E-state index is -3.79. The topological polar surface area (TPSA) is 63.2 Å². The van der Waals surface area contributed by atoms with Gasteiger partial charge in [0.2, 0.25) is 10.0 Å². The van der Waals surface area contributed by atoms with Crippen LogP contribution in [0.2, 0.25) is 0 Å². The quantitative estimate of drug-likeness (QED) is 0.627. The third-order valence-electron chi connectivity index (χ3n) is 4.33. The second kappa shape index (κ2) is 8.29. The summed E-state index contributed by atoms with van der Waals surface area (Å²) in [7, 11) is -3.79. The Balaban J connectivity index is 1.93. The highest BCUT2D eigenvalue weighted by molar-refractivity contribution is 7.89. The van der Waals surface area contributed by atoms with Gasteiger partial charge in [-0.25, -0.2) is 13.1 Å². The molecule has 0 fully saturated rings. The van der Waals surface area contributed by atoms with Gasteiger partial charge in [-0.15, -0.1) is 0 Å². The minimum Gasteiger partial charge on any atom is -0.295 e. The number of ketones is 1. The van der Waals surface area contributed by atoms with Gasteiger partial charge in [0.05, 0.1) is 10.9 Å². The molecule has 3 aromatic rings. The third-order valence-corrected chi connectivity index (χ3v) is 5.80. The van der Waals surface area contributed by atoms with Crippen molar-refractivity contribution < 1.29 is 13.2 Å². The molecule has 0 aliphatic carbocycles. The number of rotatable bonds is 7. The summed E-state index contributed by atoms with van der Waals surface area (Å²) in [5.74, 6) is -0.170. The van der Waals surface area contributed by atoms with E-state index in [9.17, 15) is 13.2 Å². The van der Waals surface area contributed by atoms with Crippen LogP contribution >= 0.6 is 0 Å². The van der Waals surface area contributed by atoms with Crippen LogP contribution in [-0.2, 0) is 16.4 Å². The molecule has 0 saturated heterocycles. The maximum atomic E-state index is 13.0. The zero-order chi connectivity index (χ0) is 19.3. The molecule has 5 heteroatoms. The summed E-state index contributed by atoms with van der Waals surface area (Å²) >= 11 is 0. The first-order valence-corrected chi connectivity index (χ1v) is 10.2. The monoisotopic (exact) mass is 379 g/mol. The Labute approximate surface area is 159 Å². The number of benzene rings is 3. The lowest BCUT2D eigenvalue weighted by atomic mass is 10.00. The fraction of sp³-hybridized carbons (Fsp3) is 0.136. The van der Waals surface area contributed by atoms with Crippen LogP contribution in [0.5, 0.6) is 0 Å². The summed E-state index contributed by atoms with van der Waals surface area (Å²) in [5.41, 5.74) is 2.29. The Hall–Kier alpha value is -2.76. The van der Waals surface area contributed by atoms with Gasteiger partial charge in [-0.3, -0.25) is 4.79 Å². The highest BCUT2D eigenvalue weighted by Crippen LogP contribution is 2.22. The van der Waals surface area contributed by atoms with Crippen LogP contribution in [0.4, 0.5) is 0 Å². The van der Waals surface area contributed by atoms with Crippen LogP contribution in [0.15, 0.2) is 89.8 Å². The second-order valence-corrected chi connectivity index (χ2v) is 8.07. The highest BCUT2D eigenvalue weighted by atomic mass is 32.2. The Bertz CT molecular complexity index is 1020. The van der Waals surface area contributed by atoms with Crippen LogP contribution in [0.25, 0.3) is 0 Å². The molecule has 3 aromatic carbocycles. The molecule has 0 amide bonds. The lowest BCUT2D eigenvalue weighted by molar-refractivity contribution is 0.101. The second-order valence-electron chi connectivity index (χ2n) is 6.36. The van der Waals surface area contributed by atoms with E-state index in [0.29, 0.717) is 12.0 Å². The first kappa shape index (κ1) is 19.0. The molecule has 0 heterocycles. The van der Waals surface area contributed by atoms with Gasteiger partial charge in [0.15, 0.2) is 5.78 Å². The predicted molar refractivity (Wildman–Crippen MR) is 106 cm³/mol. The molecule has 1 atom stereocenters. The van der Waals surface area contributed by atoms with E-state index < -0.39 is 16.1 Å². The molecular weight excluding hydrogens is 358 g/mol. The molecule has 1 unspecified atom stereocenters. The van der Waals surface area contributed by atoms with Crippen LogP contribution in [0.1, 0.15) is 34.5 Å². The summed E-state index contributed by atoms with van der Waals surface area (Å²) < 4.78 is 28.7. The Morgan fingerprint density at radius 3 is 2.15 bits per heavy atom. The van der Waals surface area contributed by atoms with Crippen molar-refractivity contribution in [2.24, 2.45) is 0 Å². The normalized spacial score (nSPS) is 12.5. The van der Waals surface area contributed by atoms with Crippen LogP contribution in [0.3, 0.4) is 0 Å². The van der Waals surface area contributed by atoms with Crippen molar-refractivity contribution in [2.75, 3.05) is 0 Å². The van der Waals surface area contributed by atoms with Crippen molar-refractivity contribution in [3.8, 4) is 0 Å². The summed E-state index contributed by atoms with van der Waals surface area (Å²) in [5, 5.41) is 0. The maximum absolute atomic E-state index is 13.0. The number of carbonyl (C=O) groups is 1. The molecule has 0 radical (unpaired) electrons. The highest BCUT2D eigenvalue weighted by Gasteiger charge is 2.22. The van der Waals surface area contributed by atoms with Gasteiger partial charge in [-0.05, 0) is 36.6 Å². The van der Waals surface area contributed by atoms with Crippen molar-refractivity contribution in [2.45, 2.75) is 24.3 Å². The van der Waals surface area contributed by atoms with Crippen molar-refractivity contribution >= 4 is 15.8 Å². The molecule has 0 bridgehead atoms. The molecule has 0 aromatic heterocycles. The molecular formula is C22H21NO3S. The molecule has 27 heavy (non-hydrogen) atoms. The van der Waals surface area contributed by atoms with Crippen molar-refractivity contribution in [3.05, 3.63) is 102 Å². The number of carbonyl (C=O) groups excluding carboxylic acids is 1. The van der Waals surface area contributed by atoms with E-state index in [1.165, 1.54) is 19.1 Å². The summed E-state index contributed by atoms with van der Waals surface area (Å²) in [6.45, 7) is 1.42. The van der Waals surface area contributed by atoms with Crippen LogP contribution < -0.4 is 4.72 Å². The zero-order valence-electron chi connectivity index (χ0n) is 15.0. The van der Waals surface area contributed by atoms with E-state index in [4.69, 9.17) is 0 Å². The molecule has 138 valence electrons. The number of hydrogen-bond acceptors (Lipinski definition) is 3. The molecule has 0 aliphatic heterocycles. The van der Waals surface area contributed by atoms with Crippen molar-refractivity contribution in [1.29, 1.82) is 0 Å². The smallest absolute Gasteiger partial charge is 0.241 e. The fourth-order valence-electron chi connectivity index (χ4n) is 2.90. The first-order chi connectivity index (χ1) is 13.0. The van der Waals surface area contributed by atoms with E-state index in [1.807, 2.05) is 60.7 Å². The number of sulfonamides is 1. The van der Waals surface area contributed by atoms with Gasteiger partial charge in [-0.2, -0.15) is 0 Å². The van der Waals surface area contributed by atoms with E-state index >= 15 is 0 Å².